The third kappa shape index (κ3) is 9.19. The van der Waals surface area contributed by atoms with Crippen LogP contribution in [-0.4, -0.2) is 112 Å². The van der Waals surface area contributed by atoms with Crippen LogP contribution in [0.3, 0.4) is 0 Å². The molecule has 0 aromatic heterocycles. The number of ether oxygens (including phenoxy) is 2. The van der Waals surface area contributed by atoms with E-state index in [1.54, 1.807) is 16.7 Å². The monoisotopic (exact) mass is 594 g/mol. The molecular formula is C32H42N4O5S. The zero-order chi connectivity index (χ0) is 29.7. The minimum absolute atomic E-state index is 0.154. The SMILES string of the molecule is CN(C)CCOCCOC(=O)N1c2ccccc2Sc2ccccc21.OC[C@@H](O)CN1CCN(c2ccccc2)CC1. The molecule has 3 aromatic carbocycles. The van der Waals surface area contributed by atoms with Gasteiger partial charge in [-0.05, 0) is 50.5 Å². The van der Waals surface area contributed by atoms with E-state index in [4.69, 9.17) is 14.6 Å². The van der Waals surface area contributed by atoms with E-state index in [-0.39, 0.29) is 19.3 Å². The van der Waals surface area contributed by atoms with E-state index in [0.29, 0.717) is 19.8 Å². The van der Waals surface area contributed by atoms with Gasteiger partial charge in [0, 0.05) is 54.7 Å². The molecule has 0 radical (unpaired) electrons. The Bertz CT molecular complexity index is 1190. The fraction of sp³-hybridized carbons (Fsp3) is 0.406. The van der Waals surface area contributed by atoms with E-state index in [0.717, 1.165) is 53.9 Å². The van der Waals surface area contributed by atoms with E-state index in [1.807, 2.05) is 73.6 Å². The molecule has 226 valence electrons. The van der Waals surface area contributed by atoms with Crippen molar-refractivity contribution in [3.05, 3.63) is 78.9 Å². The van der Waals surface area contributed by atoms with Crippen LogP contribution in [0.15, 0.2) is 88.7 Å². The number of para-hydroxylation sites is 3. The Balaban J connectivity index is 0.000000208. The van der Waals surface area contributed by atoms with Gasteiger partial charge in [-0.1, -0.05) is 54.2 Å². The average molecular weight is 595 g/mol. The maximum absolute atomic E-state index is 12.7. The van der Waals surface area contributed by atoms with Crippen molar-refractivity contribution < 1.29 is 24.5 Å². The van der Waals surface area contributed by atoms with Gasteiger partial charge in [0.1, 0.15) is 6.61 Å². The van der Waals surface area contributed by atoms with Crippen LogP contribution in [-0.2, 0) is 9.47 Å². The third-order valence-electron chi connectivity index (χ3n) is 6.92. The maximum atomic E-state index is 12.7. The molecule has 0 aliphatic carbocycles. The summed E-state index contributed by atoms with van der Waals surface area (Å²) in [7, 11) is 3.99. The van der Waals surface area contributed by atoms with E-state index in [9.17, 15) is 9.90 Å². The summed E-state index contributed by atoms with van der Waals surface area (Å²) in [5.41, 5.74) is 2.96. The normalized spacial score (nSPS) is 15.4. The molecule has 2 aliphatic heterocycles. The van der Waals surface area contributed by atoms with E-state index in [2.05, 4.69) is 34.1 Å². The predicted octanol–water partition coefficient (Wildman–Crippen LogP) is 4.17. The first-order chi connectivity index (χ1) is 20.5. The summed E-state index contributed by atoms with van der Waals surface area (Å²) in [5, 5.41) is 18.2. The van der Waals surface area contributed by atoms with E-state index < -0.39 is 6.10 Å². The number of nitrogens with zero attached hydrogens (tertiary/aromatic N) is 4. The van der Waals surface area contributed by atoms with Crippen LogP contribution in [0.5, 0.6) is 0 Å². The molecular weight excluding hydrogens is 552 g/mol. The van der Waals surface area contributed by atoms with E-state index in [1.165, 1.54) is 5.69 Å². The van der Waals surface area contributed by atoms with Crippen LogP contribution in [0.25, 0.3) is 0 Å². The molecule has 1 atom stereocenters. The smallest absolute Gasteiger partial charge is 0.419 e. The fourth-order valence-corrected chi connectivity index (χ4v) is 5.74. The summed E-state index contributed by atoms with van der Waals surface area (Å²) in [6.45, 7) is 6.33. The van der Waals surface area contributed by atoms with Crippen molar-refractivity contribution in [2.75, 3.05) is 89.6 Å². The van der Waals surface area contributed by atoms with Crippen LogP contribution in [0.1, 0.15) is 0 Å². The Morgan fingerprint density at radius 1 is 0.857 bits per heavy atom. The van der Waals surface area contributed by atoms with Gasteiger partial charge in [-0.2, -0.15) is 0 Å². The fourth-order valence-electron chi connectivity index (χ4n) is 4.69. The highest BCUT2D eigenvalue weighted by molar-refractivity contribution is 7.99. The molecule has 2 aliphatic rings. The molecule has 42 heavy (non-hydrogen) atoms. The number of benzene rings is 3. The summed E-state index contributed by atoms with van der Waals surface area (Å²) in [6.07, 6.45) is -0.991. The number of piperazine rings is 1. The second-order valence-electron chi connectivity index (χ2n) is 10.4. The van der Waals surface area contributed by atoms with Gasteiger partial charge in [0.15, 0.2) is 0 Å². The zero-order valence-electron chi connectivity index (χ0n) is 24.5. The summed E-state index contributed by atoms with van der Waals surface area (Å²) in [4.78, 5) is 23.0. The number of aliphatic hydroxyl groups is 2. The molecule has 3 aromatic rings. The molecule has 5 rings (SSSR count). The number of β-amino-alcohol motifs (C(OH)–C–C–N with tert-alkyl or cyclic N) is 1. The molecule has 9 nitrogen and oxygen atoms in total. The average Bonchev–Trinajstić information content (AvgIpc) is 3.02. The van der Waals surface area contributed by atoms with Crippen LogP contribution >= 0.6 is 11.8 Å². The largest absolute Gasteiger partial charge is 0.446 e. The molecule has 2 heterocycles. The molecule has 1 saturated heterocycles. The van der Waals surface area contributed by atoms with Gasteiger partial charge in [0.2, 0.25) is 0 Å². The molecule has 1 fully saturated rings. The highest BCUT2D eigenvalue weighted by Crippen LogP contribution is 2.48. The number of anilines is 3. The van der Waals surface area contributed by atoms with Crippen molar-refractivity contribution in [3.8, 4) is 0 Å². The molecule has 1 amide bonds. The number of carbonyl (C=O) groups excluding carboxylic acids is 1. The summed E-state index contributed by atoms with van der Waals surface area (Å²) < 4.78 is 10.9. The standard InChI is InChI=1S/C19H22N2O3S.C13H20N2O2/c1-20(2)11-12-23-13-14-24-19(22)21-15-7-3-5-9-17(15)25-18-10-6-4-8-16(18)21;16-11-13(17)10-14-6-8-15(9-7-14)12-4-2-1-3-5-12/h3-10H,11-14H2,1-2H3;1-5,13,16-17H,6-11H2/t;13-/m.0/s1. The lowest BCUT2D eigenvalue weighted by molar-refractivity contribution is 0.0575. The summed E-state index contributed by atoms with van der Waals surface area (Å²) in [5.74, 6) is 0. The number of rotatable bonds is 10. The first kappa shape index (κ1) is 31.8. The van der Waals surface area contributed by atoms with E-state index >= 15 is 0 Å². The minimum atomic E-state index is -0.613. The molecule has 0 spiro atoms. The number of amides is 1. The van der Waals surface area contributed by atoms with Crippen molar-refractivity contribution in [2.24, 2.45) is 0 Å². The number of hydrogen-bond acceptors (Lipinski definition) is 9. The molecule has 0 bridgehead atoms. The minimum Gasteiger partial charge on any atom is -0.446 e. The first-order valence-corrected chi connectivity index (χ1v) is 15.1. The Labute approximate surface area is 253 Å². The predicted molar refractivity (Wildman–Crippen MR) is 168 cm³/mol. The van der Waals surface area contributed by atoms with Crippen molar-refractivity contribution in [1.82, 2.24) is 9.80 Å². The third-order valence-corrected chi connectivity index (χ3v) is 8.05. The Hall–Kier alpha value is -3.12. The second kappa shape index (κ2) is 16.5. The van der Waals surface area contributed by atoms with Gasteiger partial charge in [0.25, 0.3) is 0 Å². The van der Waals surface area contributed by atoms with Crippen molar-refractivity contribution in [3.63, 3.8) is 0 Å². The van der Waals surface area contributed by atoms with Crippen LogP contribution in [0.4, 0.5) is 21.9 Å². The number of likely N-dealkylation sites (N-methyl/N-ethyl adjacent to an activating group) is 1. The number of aliphatic hydroxyl groups excluding tert-OH is 2. The Morgan fingerprint density at radius 3 is 2.05 bits per heavy atom. The number of hydrogen-bond donors (Lipinski definition) is 2. The number of fused-ring (bicyclic) bond motifs is 2. The summed E-state index contributed by atoms with van der Waals surface area (Å²) in [6, 6.07) is 26.1. The summed E-state index contributed by atoms with van der Waals surface area (Å²) >= 11 is 1.66. The van der Waals surface area contributed by atoms with Gasteiger partial charge in [0.05, 0.1) is 37.3 Å². The van der Waals surface area contributed by atoms with Gasteiger partial charge in [-0.25, -0.2) is 9.69 Å². The maximum Gasteiger partial charge on any atom is 0.419 e. The number of carbonyl (C=O) groups is 1. The Morgan fingerprint density at radius 2 is 1.45 bits per heavy atom. The van der Waals surface area contributed by atoms with Crippen molar-refractivity contribution >= 4 is 34.9 Å². The highest BCUT2D eigenvalue weighted by atomic mass is 32.2. The molecule has 0 unspecified atom stereocenters. The first-order valence-electron chi connectivity index (χ1n) is 14.3. The van der Waals surface area contributed by atoms with Gasteiger partial charge in [-0.3, -0.25) is 4.90 Å². The lowest BCUT2D eigenvalue weighted by Gasteiger charge is -2.36. The van der Waals surface area contributed by atoms with Crippen molar-refractivity contribution in [2.45, 2.75) is 15.9 Å². The molecule has 10 heteroatoms. The second-order valence-corrected chi connectivity index (χ2v) is 11.4. The van der Waals surface area contributed by atoms with Crippen LogP contribution < -0.4 is 9.80 Å². The lowest BCUT2D eigenvalue weighted by atomic mass is 10.2. The quantitative estimate of drug-likeness (QED) is 0.336. The van der Waals surface area contributed by atoms with Crippen LogP contribution in [0.2, 0.25) is 0 Å². The van der Waals surface area contributed by atoms with Gasteiger partial charge in [-0.15, -0.1) is 0 Å². The van der Waals surface area contributed by atoms with Gasteiger partial charge >= 0.3 is 6.09 Å². The molecule has 2 N–H and O–H groups in total. The Kier molecular flexibility index (Phi) is 12.5. The zero-order valence-corrected chi connectivity index (χ0v) is 25.3. The topological polar surface area (TPSA) is 89.0 Å². The highest BCUT2D eigenvalue weighted by Gasteiger charge is 2.28. The van der Waals surface area contributed by atoms with Gasteiger partial charge < -0.3 is 29.5 Å². The lowest BCUT2D eigenvalue weighted by Crippen LogP contribution is -2.49. The van der Waals surface area contributed by atoms with Crippen molar-refractivity contribution in [1.29, 1.82) is 0 Å². The molecule has 0 saturated carbocycles. The van der Waals surface area contributed by atoms with Crippen LogP contribution in [0, 0.1) is 0 Å².